The zero-order valence-corrected chi connectivity index (χ0v) is 19.9. The van der Waals surface area contributed by atoms with Crippen molar-refractivity contribution in [3.63, 3.8) is 0 Å². The van der Waals surface area contributed by atoms with Crippen molar-refractivity contribution in [2.45, 2.75) is 45.8 Å². The van der Waals surface area contributed by atoms with Crippen molar-refractivity contribution >= 4 is 17.7 Å². The first-order valence-electron chi connectivity index (χ1n) is 10.7. The van der Waals surface area contributed by atoms with E-state index in [1.54, 1.807) is 6.92 Å². The van der Waals surface area contributed by atoms with Crippen LogP contribution >= 0.6 is 0 Å². The molecule has 1 aromatic carbocycles. The molecular formula is C25H27F2NO7. The van der Waals surface area contributed by atoms with Crippen LogP contribution in [0.1, 0.15) is 44.1 Å². The normalized spacial score (nSPS) is 13.2. The lowest BCUT2D eigenvalue weighted by atomic mass is 10.0. The van der Waals surface area contributed by atoms with Gasteiger partial charge in [0.2, 0.25) is 5.75 Å². The number of halogens is 2. The second-order valence-corrected chi connectivity index (χ2v) is 7.71. The summed E-state index contributed by atoms with van der Waals surface area (Å²) in [6.07, 6.45) is 1.08. The summed E-state index contributed by atoms with van der Waals surface area (Å²) in [5.41, 5.74) is -0.160. The molecule has 10 heteroatoms. The van der Waals surface area contributed by atoms with Crippen molar-refractivity contribution in [2.24, 2.45) is 5.92 Å². The Labute approximate surface area is 201 Å². The number of nitrogens with zero attached hydrogens (tertiary/aromatic N) is 1. The van der Waals surface area contributed by atoms with Crippen LogP contribution in [-0.4, -0.2) is 42.0 Å². The highest BCUT2D eigenvalue weighted by atomic mass is 19.1. The van der Waals surface area contributed by atoms with Crippen LogP contribution in [0.3, 0.4) is 0 Å². The van der Waals surface area contributed by atoms with Crippen molar-refractivity contribution < 1.29 is 42.1 Å². The van der Waals surface area contributed by atoms with Crippen LogP contribution in [0, 0.1) is 17.6 Å². The van der Waals surface area contributed by atoms with Crippen LogP contribution in [0.15, 0.2) is 43.1 Å². The molecular weight excluding hydrogens is 464 g/mol. The van der Waals surface area contributed by atoms with Crippen molar-refractivity contribution in [3.05, 3.63) is 60.4 Å². The lowest BCUT2D eigenvalue weighted by Gasteiger charge is -2.25. The fraction of sp³-hybridized carbons (Fsp3) is 0.360. The summed E-state index contributed by atoms with van der Waals surface area (Å²) in [7, 11) is 1.34. The van der Waals surface area contributed by atoms with Gasteiger partial charge < -0.3 is 18.9 Å². The Morgan fingerprint density at radius 3 is 2.46 bits per heavy atom. The van der Waals surface area contributed by atoms with Gasteiger partial charge in [0.25, 0.3) is 0 Å². The van der Waals surface area contributed by atoms with E-state index >= 15 is 0 Å². The number of rotatable bonds is 12. The molecule has 0 aliphatic carbocycles. The Morgan fingerprint density at radius 1 is 1.14 bits per heavy atom. The van der Waals surface area contributed by atoms with E-state index in [-0.39, 0.29) is 35.8 Å². The van der Waals surface area contributed by atoms with Crippen LogP contribution in [0.4, 0.5) is 8.78 Å². The molecule has 0 bridgehead atoms. The lowest BCUT2D eigenvalue weighted by Crippen LogP contribution is -2.35. The first-order chi connectivity index (χ1) is 16.6. The second kappa shape index (κ2) is 12.6. The predicted molar refractivity (Wildman–Crippen MR) is 121 cm³/mol. The molecule has 35 heavy (non-hydrogen) atoms. The number of hydrogen-bond acceptors (Lipinski definition) is 8. The molecule has 0 spiro atoms. The summed E-state index contributed by atoms with van der Waals surface area (Å²) in [5.74, 6) is -4.69. The van der Waals surface area contributed by atoms with Crippen LogP contribution in [0.5, 0.6) is 17.2 Å². The predicted octanol–water partition coefficient (Wildman–Crippen LogP) is 4.46. The smallest absolute Gasteiger partial charge is 0.309 e. The van der Waals surface area contributed by atoms with Gasteiger partial charge in [-0.2, -0.15) is 0 Å². The highest BCUT2D eigenvalue weighted by Gasteiger charge is 2.29. The van der Waals surface area contributed by atoms with E-state index in [0.29, 0.717) is 6.07 Å². The van der Waals surface area contributed by atoms with Crippen LogP contribution in [0.2, 0.25) is 0 Å². The minimum atomic E-state index is -0.897. The van der Waals surface area contributed by atoms with E-state index in [4.69, 9.17) is 18.9 Å². The van der Waals surface area contributed by atoms with Crippen molar-refractivity contribution in [1.82, 2.24) is 4.98 Å². The summed E-state index contributed by atoms with van der Waals surface area (Å²) < 4.78 is 48.4. The van der Waals surface area contributed by atoms with E-state index in [1.807, 2.05) is 0 Å². The monoisotopic (exact) mass is 491 g/mol. The second-order valence-electron chi connectivity index (χ2n) is 7.71. The maximum Gasteiger partial charge on any atom is 0.309 e. The minimum absolute atomic E-state index is 0.137. The SMILES string of the molecule is C=CC[C@@H](Oc1ccc(F)cc1F)[C@H](C)OC(=O)[C@H](C)CC(=O)c1nccc(OC)c1OC(C)=O. The van der Waals surface area contributed by atoms with E-state index in [1.165, 1.54) is 39.3 Å². The van der Waals surface area contributed by atoms with E-state index < -0.39 is 47.5 Å². The highest BCUT2D eigenvalue weighted by Crippen LogP contribution is 2.31. The zero-order valence-electron chi connectivity index (χ0n) is 19.9. The summed E-state index contributed by atoms with van der Waals surface area (Å²) in [6.45, 7) is 7.82. The van der Waals surface area contributed by atoms with Gasteiger partial charge in [0.1, 0.15) is 18.0 Å². The van der Waals surface area contributed by atoms with Gasteiger partial charge in [0.05, 0.1) is 13.0 Å². The number of pyridine rings is 1. The van der Waals surface area contributed by atoms with E-state index in [0.717, 1.165) is 12.1 Å². The van der Waals surface area contributed by atoms with E-state index in [2.05, 4.69) is 11.6 Å². The number of methoxy groups -OCH3 is 1. The summed E-state index contributed by atoms with van der Waals surface area (Å²) >= 11 is 0. The van der Waals surface area contributed by atoms with Gasteiger partial charge in [-0.25, -0.2) is 13.8 Å². The Hall–Kier alpha value is -3.82. The molecule has 0 radical (unpaired) electrons. The summed E-state index contributed by atoms with van der Waals surface area (Å²) in [6, 6.07) is 4.29. The molecule has 1 aromatic heterocycles. The molecule has 0 aliphatic rings. The number of aromatic nitrogens is 1. The Bertz CT molecular complexity index is 1090. The molecule has 0 saturated carbocycles. The maximum absolute atomic E-state index is 14.0. The molecule has 0 saturated heterocycles. The van der Waals surface area contributed by atoms with Crippen LogP contribution in [0.25, 0.3) is 0 Å². The first-order valence-corrected chi connectivity index (χ1v) is 10.7. The number of Topliss-reactive ketones (excluding diaryl/α,β-unsaturated/α-hetero) is 1. The molecule has 0 N–H and O–H groups in total. The molecule has 2 aromatic rings. The molecule has 0 unspecified atom stereocenters. The number of esters is 2. The van der Waals surface area contributed by atoms with Gasteiger partial charge in [-0.1, -0.05) is 13.0 Å². The van der Waals surface area contributed by atoms with Gasteiger partial charge in [-0.05, 0) is 19.1 Å². The molecule has 0 amide bonds. The Balaban J connectivity index is 2.09. The summed E-state index contributed by atoms with van der Waals surface area (Å²) in [4.78, 5) is 40.9. The minimum Gasteiger partial charge on any atom is -0.493 e. The average molecular weight is 491 g/mol. The molecule has 0 aliphatic heterocycles. The van der Waals surface area contributed by atoms with E-state index in [9.17, 15) is 23.2 Å². The third-order valence-electron chi connectivity index (χ3n) is 4.89. The van der Waals surface area contributed by atoms with Gasteiger partial charge >= 0.3 is 11.9 Å². The average Bonchev–Trinajstić information content (AvgIpc) is 2.79. The van der Waals surface area contributed by atoms with Gasteiger partial charge in [-0.3, -0.25) is 14.4 Å². The molecule has 1 heterocycles. The standard InChI is InChI=1S/C25H27F2NO7/c1-6-7-20(35-21-9-8-17(26)13-18(21)27)15(3)33-25(31)14(2)12-19(30)23-24(34-16(4)29)22(32-5)10-11-28-23/h6,8-11,13-15,20H,1,7,12H2,2-5H3/t14-,15+,20-/m1/s1. The molecule has 2 rings (SSSR count). The van der Waals surface area contributed by atoms with Crippen molar-refractivity contribution in [2.75, 3.05) is 7.11 Å². The van der Waals surface area contributed by atoms with Gasteiger partial charge in [0.15, 0.2) is 28.8 Å². The maximum atomic E-state index is 14.0. The largest absolute Gasteiger partial charge is 0.493 e. The Kier molecular flexibility index (Phi) is 9.86. The molecule has 188 valence electrons. The van der Waals surface area contributed by atoms with Gasteiger partial charge in [0, 0.05) is 38.1 Å². The number of ketones is 1. The number of hydrogen-bond donors (Lipinski definition) is 0. The Morgan fingerprint density at radius 2 is 1.86 bits per heavy atom. The number of ether oxygens (including phenoxy) is 4. The van der Waals surface area contributed by atoms with Crippen molar-refractivity contribution in [1.29, 1.82) is 0 Å². The van der Waals surface area contributed by atoms with Crippen LogP contribution in [-0.2, 0) is 14.3 Å². The quantitative estimate of drug-likeness (QED) is 0.244. The fourth-order valence-electron chi connectivity index (χ4n) is 3.10. The fourth-order valence-corrected chi connectivity index (χ4v) is 3.10. The number of benzene rings is 1. The lowest BCUT2D eigenvalue weighted by molar-refractivity contribution is -0.157. The molecule has 3 atom stereocenters. The highest BCUT2D eigenvalue weighted by molar-refractivity contribution is 5.99. The molecule has 8 nitrogen and oxygen atoms in total. The van der Waals surface area contributed by atoms with Crippen molar-refractivity contribution in [3.8, 4) is 17.2 Å². The zero-order chi connectivity index (χ0) is 26.1. The number of carbonyl (C=O) groups is 3. The molecule has 0 fully saturated rings. The first kappa shape index (κ1) is 27.4. The van der Waals surface area contributed by atoms with Crippen LogP contribution < -0.4 is 14.2 Å². The number of carbonyl (C=O) groups excluding carboxylic acids is 3. The topological polar surface area (TPSA) is 101 Å². The third kappa shape index (κ3) is 7.59. The van der Waals surface area contributed by atoms with Gasteiger partial charge in [-0.15, -0.1) is 6.58 Å². The third-order valence-corrected chi connectivity index (χ3v) is 4.89. The summed E-state index contributed by atoms with van der Waals surface area (Å²) in [5, 5.41) is 0.